The van der Waals surface area contributed by atoms with Crippen LogP contribution in [0.5, 0.6) is 0 Å². The lowest BCUT2D eigenvalue weighted by atomic mass is 10.2. The number of nitrogens with zero attached hydrogens (tertiary/aromatic N) is 1. The van der Waals surface area contributed by atoms with Crippen LogP contribution in [0.25, 0.3) is 0 Å². The van der Waals surface area contributed by atoms with Gasteiger partial charge in [-0.25, -0.2) is 4.79 Å². The molecule has 0 aromatic heterocycles. The van der Waals surface area contributed by atoms with E-state index in [-0.39, 0.29) is 11.0 Å². The number of hydroxylamine groups is 2. The first-order valence-corrected chi connectivity index (χ1v) is 2.59. The quantitative estimate of drug-likeness (QED) is 0.509. The molecule has 0 spiro atoms. The molecule has 1 aliphatic heterocycles. The molecule has 0 radical (unpaired) electrons. The standard InChI is InChI=1S/C5H7NO3.H2O/c7-5(8)4-1-2-6(9)3-4;/h3,9H,1-2H2,(H,7,8);1H2. The first-order valence-electron chi connectivity index (χ1n) is 2.59. The first-order chi connectivity index (χ1) is 4.20. The van der Waals surface area contributed by atoms with Gasteiger partial charge in [-0.3, -0.25) is 10.3 Å². The topological polar surface area (TPSA) is 92.3 Å². The van der Waals surface area contributed by atoms with Crippen molar-refractivity contribution < 1.29 is 20.6 Å². The van der Waals surface area contributed by atoms with Gasteiger partial charge in [0.05, 0.1) is 5.57 Å². The van der Waals surface area contributed by atoms with E-state index in [1.165, 1.54) is 6.20 Å². The van der Waals surface area contributed by atoms with Crippen molar-refractivity contribution in [3.05, 3.63) is 11.8 Å². The van der Waals surface area contributed by atoms with E-state index in [4.69, 9.17) is 10.3 Å². The number of carbonyl (C=O) groups is 1. The molecule has 1 heterocycles. The Balaban J connectivity index is 0.000000810. The summed E-state index contributed by atoms with van der Waals surface area (Å²) in [5, 5.41) is 17.8. The monoisotopic (exact) mass is 147 g/mol. The molecule has 0 aliphatic carbocycles. The SMILES string of the molecule is O.O=C(O)C1=CN(O)CC1. The summed E-state index contributed by atoms with van der Waals surface area (Å²) >= 11 is 0. The van der Waals surface area contributed by atoms with Crippen LogP contribution in [0.3, 0.4) is 0 Å². The molecule has 10 heavy (non-hydrogen) atoms. The predicted octanol–water partition coefficient (Wildman–Crippen LogP) is -0.775. The number of hydrogen-bond acceptors (Lipinski definition) is 3. The van der Waals surface area contributed by atoms with Crippen LogP contribution in [-0.2, 0) is 4.79 Å². The van der Waals surface area contributed by atoms with Gasteiger partial charge in [0.1, 0.15) is 0 Å². The largest absolute Gasteiger partial charge is 0.478 e. The zero-order valence-corrected chi connectivity index (χ0v) is 5.24. The third kappa shape index (κ3) is 1.71. The van der Waals surface area contributed by atoms with Crippen LogP contribution in [0.15, 0.2) is 11.8 Å². The minimum atomic E-state index is -0.952. The molecule has 4 N–H and O–H groups in total. The smallest absolute Gasteiger partial charge is 0.333 e. The third-order valence-corrected chi connectivity index (χ3v) is 1.19. The number of rotatable bonds is 1. The lowest BCUT2D eigenvalue weighted by Gasteiger charge is -1.99. The van der Waals surface area contributed by atoms with Crippen LogP contribution in [0.4, 0.5) is 0 Å². The molecule has 1 rings (SSSR count). The fourth-order valence-corrected chi connectivity index (χ4v) is 0.706. The van der Waals surface area contributed by atoms with Gasteiger partial charge >= 0.3 is 5.97 Å². The van der Waals surface area contributed by atoms with Gasteiger partial charge in [-0.15, -0.1) is 0 Å². The molecule has 5 nitrogen and oxygen atoms in total. The number of carboxylic acids is 1. The molecular formula is C5H9NO4. The van der Waals surface area contributed by atoms with E-state index in [1.54, 1.807) is 0 Å². The van der Waals surface area contributed by atoms with Gasteiger partial charge in [-0.2, -0.15) is 0 Å². The summed E-state index contributed by atoms with van der Waals surface area (Å²) in [4.78, 5) is 10.1. The molecule has 0 saturated carbocycles. The molecule has 0 atom stereocenters. The summed E-state index contributed by atoms with van der Waals surface area (Å²) in [6.07, 6.45) is 1.65. The Hall–Kier alpha value is -1.07. The molecule has 5 heteroatoms. The van der Waals surface area contributed by atoms with Crippen molar-refractivity contribution in [1.82, 2.24) is 5.06 Å². The van der Waals surface area contributed by atoms with E-state index in [0.717, 1.165) is 5.06 Å². The van der Waals surface area contributed by atoms with Gasteiger partial charge in [0.15, 0.2) is 0 Å². The second-order valence-electron chi connectivity index (χ2n) is 1.87. The predicted molar refractivity (Wildman–Crippen MR) is 32.4 cm³/mol. The highest BCUT2D eigenvalue weighted by molar-refractivity contribution is 5.86. The maximum Gasteiger partial charge on any atom is 0.333 e. The van der Waals surface area contributed by atoms with E-state index in [2.05, 4.69) is 0 Å². The van der Waals surface area contributed by atoms with Crippen molar-refractivity contribution >= 4 is 5.97 Å². The van der Waals surface area contributed by atoms with E-state index in [0.29, 0.717) is 13.0 Å². The van der Waals surface area contributed by atoms with Crippen molar-refractivity contribution in [3.63, 3.8) is 0 Å². The average Bonchev–Trinajstić information content (AvgIpc) is 2.14. The van der Waals surface area contributed by atoms with Gasteiger partial charge in [0.2, 0.25) is 0 Å². The summed E-state index contributed by atoms with van der Waals surface area (Å²) in [6, 6.07) is 0. The van der Waals surface area contributed by atoms with Crippen LogP contribution in [0.2, 0.25) is 0 Å². The molecule has 0 unspecified atom stereocenters. The van der Waals surface area contributed by atoms with Gasteiger partial charge < -0.3 is 10.6 Å². The average molecular weight is 147 g/mol. The molecule has 58 valence electrons. The Bertz CT molecular complexity index is 165. The van der Waals surface area contributed by atoms with Crippen LogP contribution in [0, 0.1) is 0 Å². The van der Waals surface area contributed by atoms with Crippen molar-refractivity contribution in [1.29, 1.82) is 0 Å². The fourth-order valence-electron chi connectivity index (χ4n) is 0.706. The maximum absolute atomic E-state index is 10.1. The maximum atomic E-state index is 10.1. The highest BCUT2D eigenvalue weighted by Gasteiger charge is 2.15. The van der Waals surface area contributed by atoms with Crippen LogP contribution in [-0.4, -0.2) is 33.4 Å². The summed E-state index contributed by atoms with van der Waals surface area (Å²) in [5.74, 6) is -0.952. The van der Waals surface area contributed by atoms with Crippen LogP contribution < -0.4 is 0 Å². The van der Waals surface area contributed by atoms with Crippen LogP contribution >= 0.6 is 0 Å². The molecule has 0 fully saturated rings. The molecule has 0 bridgehead atoms. The van der Waals surface area contributed by atoms with Crippen molar-refractivity contribution in [2.24, 2.45) is 0 Å². The number of carboxylic acid groups (broad SMARTS) is 1. The van der Waals surface area contributed by atoms with Crippen molar-refractivity contribution in [2.75, 3.05) is 6.54 Å². The van der Waals surface area contributed by atoms with E-state index in [1.807, 2.05) is 0 Å². The highest BCUT2D eigenvalue weighted by atomic mass is 16.5. The Morgan fingerprint density at radius 2 is 2.30 bits per heavy atom. The zero-order chi connectivity index (χ0) is 6.85. The normalized spacial score (nSPS) is 16.1. The Morgan fingerprint density at radius 1 is 1.70 bits per heavy atom. The zero-order valence-electron chi connectivity index (χ0n) is 5.24. The second-order valence-corrected chi connectivity index (χ2v) is 1.87. The lowest BCUT2D eigenvalue weighted by molar-refractivity contribution is -0.132. The summed E-state index contributed by atoms with van der Waals surface area (Å²) < 4.78 is 0. The molecule has 0 saturated heterocycles. The number of hydrogen-bond donors (Lipinski definition) is 2. The lowest BCUT2D eigenvalue weighted by Crippen LogP contribution is -2.05. The Morgan fingerprint density at radius 3 is 2.50 bits per heavy atom. The minimum Gasteiger partial charge on any atom is -0.478 e. The molecule has 1 aliphatic rings. The van der Waals surface area contributed by atoms with Gasteiger partial charge in [0.25, 0.3) is 0 Å². The van der Waals surface area contributed by atoms with E-state index in [9.17, 15) is 4.79 Å². The van der Waals surface area contributed by atoms with Crippen molar-refractivity contribution in [3.8, 4) is 0 Å². The van der Waals surface area contributed by atoms with Crippen LogP contribution in [0.1, 0.15) is 6.42 Å². The molecule has 0 aromatic carbocycles. The third-order valence-electron chi connectivity index (χ3n) is 1.19. The second kappa shape index (κ2) is 3.19. The molecule has 0 amide bonds. The fraction of sp³-hybridized carbons (Fsp3) is 0.400. The molecular weight excluding hydrogens is 138 g/mol. The van der Waals surface area contributed by atoms with E-state index >= 15 is 0 Å². The summed E-state index contributed by atoms with van der Waals surface area (Å²) in [6.45, 7) is 0.391. The van der Waals surface area contributed by atoms with Gasteiger partial charge in [0, 0.05) is 19.2 Å². The van der Waals surface area contributed by atoms with Gasteiger partial charge in [-0.05, 0) is 0 Å². The van der Waals surface area contributed by atoms with Gasteiger partial charge in [-0.1, -0.05) is 0 Å². The highest BCUT2D eigenvalue weighted by Crippen LogP contribution is 2.10. The van der Waals surface area contributed by atoms with E-state index < -0.39 is 5.97 Å². The van der Waals surface area contributed by atoms with Crippen molar-refractivity contribution in [2.45, 2.75) is 6.42 Å². The minimum absolute atomic E-state index is 0. The first kappa shape index (κ1) is 8.93. The summed E-state index contributed by atoms with van der Waals surface area (Å²) in [7, 11) is 0. The Labute approximate surface area is 57.4 Å². The Kier molecular flexibility index (Phi) is 2.85. The summed E-state index contributed by atoms with van der Waals surface area (Å²) in [5.41, 5.74) is 0.262. The number of aliphatic carboxylic acids is 1. The molecule has 0 aromatic rings.